The van der Waals surface area contributed by atoms with Crippen molar-refractivity contribution in [2.75, 3.05) is 14.7 Å². The highest BCUT2D eigenvalue weighted by atomic mass is 15.3. The summed E-state index contributed by atoms with van der Waals surface area (Å²) in [5.41, 5.74) is 25.1. The van der Waals surface area contributed by atoms with Crippen LogP contribution >= 0.6 is 0 Å². The van der Waals surface area contributed by atoms with Gasteiger partial charge < -0.3 is 14.7 Å². The summed E-state index contributed by atoms with van der Waals surface area (Å²) in [4.78, 5) is 8.01. The van der Waals surface area contributed by atoms with E-state index >= 15 is 0 Å². The van der Waals surface area contributed by atoms with Crippen LogP contribution in [0.25, 0.3) is 11.1 Å². The highest BCUT2D eigenvalue weighted by Crippen LogP contribution is 2.61. The first kappa shape index (κ1) is 41.4. The lowest BCUT2D eigenvalue weighted by Gasteiger charge is -2.50. The average Bonchev–Trinajstić information content (AvgIpc) is 3.64. The molecule has 3 aliphatic heterocycles. The monoisotopic (exact) mass is 862 g/mol. The molecule has 0 aromatic heterocycles. The van der Waals surface area contributed by atoms with E-state index < -0.39 is 0 Å². The molecule has 1 fully saturated rings. The molecule has 0 spiro atoms. The Bertz CT molecular complexity index is 3180. The molecule has 0 radical (unpaired) electrons. The average molecular weight is 862 g/mol. The molecule has 7 aromatic carbocycles. The second-order valence-electron chi connectivity index (χ2n) is 23.5. The molecule has 4 heteroatoms. The van der Waals surface area contributed by atoms with Crippen molar-refractivity contribution in [2.24, 2.45) is 0 Å². The van der Waals surface area contributed by atoms with Crippen molar-refractivity contribution < 1.29 is 0 Å². The summed E-state index contributed by atoms with van der Waals surface area (Å²) in [6.45, 7) is 26.3. The van der Waals surface area contributed by atoms with Crippen molar-refractivity contribution in [3.63, 3.8) is 0 Å². The van der Waals surface area contributed by atoms with Gasteiger partial charge in [-0.15, -0.1) is 0 Å². The first-order valence-corrected chi connectivity index (χ1v) is 24.7. The molecule has 0 bridgehead atoms. The lowest BCUT2D eigenvalue weighted by Crippen LogP contribution is -2.61. The van der Waals surface area contributed by atoms with Crippen molar-refractivity contribution in [1.82, 2.24) is 0 Å². The van der Waals surface area contributed by atoms with Crippen LogP contribution in [-0.4, -0.2) is 12.3 Å². The minimum Gasteiger partial charge on any atom is -0.334 e. The molecule has 7 aromatic rings. The van der Waals surface area contributed by atoms with Gasteiger partial charge in [0, 0.05) is 56.3 Å². The second kappa shape index (κ2) is 13.8. The quantitative estimate of drug-likeness (QED) is 0.164. The lowest BCUT2D eigenvalue weighted by atomic mass is 9.33. The molecule has 0 amide bonds. The highest BCUT2D eigenvalue weighted by Gasteiger charge is 2.58. The Morgan fingerprint density at radius 3 is 1.79 bits per heavy atom. The minimum absolute atomic E-state index is 0.00809. The number of rotatable bonds is 3. The third-order valence-corrected chi connectivity index (χ3v) is 17.1. The van der Waals surface area contributed by atoms with Crippen LogP contribution in [0.1, 0.15) is 128 Å². The Labute approximate surface area is 394 Å². The van der Waals surface area contributed by atoms with Crippen molar-refractivity contribution in [1.29, 1.82) is 0 Å². The smallest absolute Gasteiger partial charge is 0.252 e. The van der Waals surface area contributed by atoms with E-state index in [0.717, 1.165) is 0 Å². The van der Waals surface area contributed by atoms with Gasteiger partial charge >= 0.3 is 0 Å². The van der Waals surface area contributed by atoms with Gasteiger partial charge in [-0.25, -0.2) is 0 Å². The van der Waals surface area contributed by atoms with Gasteiger partial charge in [0.2, 0.25) is 0 Å². The topological polar surface area (TPSA) is 9.72 Å². The van der Waals surface area contributed by atoms with Crippen LogP contribution < -0.4 is 31.1 Å². The molecule has 3 nitrogen and oxygen atoms in total. The minimum atomic E-state index is -0.115. The second-order valence-corrected chi connectivity index (χ2v) is 23.5. The number of hydrogen-bond donors (Lipinski definition) is 0. The summed E-state index contributed by atoms with van der Waals surface area (Å²) >= 11 is 0. The van der Waals surface area contributed by atoms with E-state index in [0.29, 0.717) is 0 Å². The van der Waals surface area contributed by atoms with E-state index in [1.54, 1.807) is 0 Å². The third kappa shape index (κ3) is 5.63. The molecule has 0 N–H and O–H groups in total. The Hall–Kier alpha value is -6.00. The van der Waals surface area contributed by atoms with Crippen LogP contribution in [0.5, 0.6) is 0 Å². The lowest BCUT2D eigenvalue weighted by molar-refractivity contribution is 0.195. The predicted octanol–water partition coefficient (Wildman–Crippen LogP) is 14.7. The van der Waals surface area contributed by atoms with Crippen LogP contribution in [0, 0.1) is 6.92 Å². The summed E-state index contributed by atoms with van der Waals surface area (Å²) in [6.07, 6.45) is 4.92. The molecule has 2 unspecified atom stereocenters. The van der Waals surface area contributed by atoms with Gasteiger partial charge in [-0.3, -0.25) is 0 Å². The molecular formula is C62H64BN3. The van der Waals surface area contributed by atoms with E-state index in [-0.39, 0.29) is 33.9 Å². The molecule has 2 atom stereocenters. The maximum absolute atomic E-state index is 2.75. The van der Waals surface area contributed by atoms with E-state index in [1.807, 2.05) is 0 Å². The predicted molar refractivity (Wildman–Crippen MR) is 283 cm³/mol. The molecular weight excluding hydrogens is 798 g/mol. The summed E-state index contributed by atoms with van der Waals surface area (Å²) in [7, 11) is 0. The number of anilines is 8. The largest absolute Gasteiger partial charge is 0.334 e. The summed E-state index contributed by atoms with van der Waals surface area (Å²) in [6, 6.07) is 54.9. The standard InChI is InChI=1S/C62H64BN3/c1-39-33-55-57-56(34-39)65(43-26-28-46-45-21-12-13-22-47(45)60(8,9)49(46)37-43)53-36-41(59(5,6)7)25-29-50(53)63(57)51-30-27-44(38-54(51)64(55)42-20-18-19-40(35-42)58(2,3)4)66-52-24-15-14-23-48(52)61(10)31-16-17-32-62(61,66)11/h12-15,18-30,33-38H,16-17,31-32H2,1-11H3. The van der Waals surface area contributed by atoms with Gasteiger partial charge in [-0.1, -0.05) is 154 Å². The zero-order chi connectivity index (χ0) is 45.9. The number of fused-ring (bicyclic) bond motifs is 10. The molecule has 330 valence electrons. The number of aryl methyl sites for hydroxylation is 1. The first-order valence-electron chi connectivity index (χ1n) is 24.7. The summed E-state index contributed by atoms with van der Waals surface area (Å²) in [5.74, 6) is 0. The Morgan fingerprint density at radius 2 is 1.06 bits per heavy atom. The molecule has 12 rings (SSSR count). The van der Waals surface area contributed by atoms with Crippen molar-refractivity contribution in [2.45, 2.75) is 129 Å². The fourth-order valence-electron chi connectivity index (χ4n) is 13.3. The zero-order valence-corrected chi connectivity index (χ0v) is 41.0. The SMILES string of the molecule is Cc1cc2c3c(c1)N(c1ccc4c(c1)C(C)(C)c1ccccc1-4)c1cc(C(C)(C)C)ccc1B3c1ccc(N3c4ccccc4C4(C)CCCCC34C)cc1N2c1cccc(C(C)(C)C)c1. The molecule has 1 saturated carbocycles. The number of nitrogens with zero attached hydrogens (tertiary/aromatic N) is 3. The number of hydrogen-bond acceptors (Lipinski definition) is 3. The molecule has 3 heterocycles. The zero-order valence-electron chi connectivity index (χ0n) is 41.0. The van der Waals surface area contributed by atoms with Gasteiger partial charge in [-0.05, 0) is 159 Å². The van der Waals surface area contributed by atoms with E-state index in [1.165, 1.54) is 132 Å². The van der Waals surface area contributed by atoms with Crippen LogP contribution in [0.2, 0.25) is 0 Å². The van der Waals surface area contributed by atoms with E-state index in [9.17, 15) is 0 Å². The van der Waals surface area contributed by atoms with Crippen molar-refractivity contribution >= 4 is 68.6 Å². The van der Waals surface area contributed by atoms with Crippen LogP contribution in [0.4, 0.5) is 45.5 Å². The van der Waals surface area contributed by atoms with Gasteiger partial charge in [0.05, 0.1) is 5.54 Å². The first-order chi connectivity index (χ1) is 31.4. The third-order valence-electron chi connectivity index (χ3n) is 17.1. The Morgan fingerprint density at radius 1 is 0.470 bits per heavy atom. The van der Waals surface area contributed by atoms with Gasteiger partial charge in [-0.2, -0.15) is 0 Å². The summed E-state index contributed by atoms with van der Waals surface area (Å²) < 4.78 is 0. The Kier molecular flexibility index (Phi) is 8.65. The van der Waals surface area contributed by atoms with E-state index in [2.05, 4.69) is 230 Å². The maximum atomic E-state index is 2.75. The van der Waals surface area contributed by atoms with Crippen molar-refractivity contribution in [3.05, 3.63) is 173 Å². The van der Waals surface area contributed by atoms with E-state index in [4.69, 9.17) is 0 Å². The van der Waals surface area contributed by atoms with Crippen LogP contribution in [0.15, 0.2) is 140 Å². The van der Waals surface area contributed by atoms with Gasteiger partial charge in [0.1, 0.15) is 0 Å². The molecule has 5 aliphatic rings. The van der Waals surface area contributed by atoms with Crippen LogP contribution in [0.3, 0.4) is 0 Å². The number of para-hydroxylation sites is 1. The molecule has 0 saturated heterocycles. The van der Waals surface area contributed by atoms with Crippen molar-refractivity contribution in [3.8, 4) is 11.1 Å². The van der Waals surface area contributed by atoms with Gasteiger partial charge in [0.25, 0.3) is 6.71 Å². The number of benzene rings is 7. The normalized spacial score (nSPS) is 20.8. The molecule has 2 aliphatic carbocycles. The fraction of sp³-hybridized carbons (Fsp3) is 0.323. The maximum Gasteiger partial charge on any atom is 0.252 e. The summed E-state index contributed by atoms with van der Waals surface area (Å²) in [5, 5.41) is 0. The Balaban J connectivity index is 1.13. The molecule has 66 heavy (non-hydrogen) atoms. The fourth-order valence-corrected chi connectivity index (χ4v) is 13.3. The van der Waals surface area contributed by atoms with Crippen LogP contribution in [-0.2, 0) is 21.7 Å². The van der Waals surface area contributed by atoms with Gasteiger partial charge in [0.15, 0.2) is 0 Å². The highest BCUT2D eigenvalue weighted by molar-refractivity contribution is 7.00.